The lowest BCUT2D eigenvalue weighted by atomic mass is 9.95. The van der Waals surface area contributed by atoms with Gasteiger partial charge < -0.3 is 5.11 Å². The second-order valence-corrected chi connectivity index (χ2v) is 3.69. The lowest BCUT2D eigenvalue weighted by molar-refractivity contribution is -0.132. The van der Waals surface area contributed by atoms with Gasteiger partial charge in [0.2, 0.25) is 0 Å². The van der Waals surface area contributed by atoms with Gasteiger partial charge in [-0.25, -0.2) is 4.79 Å². The van der Waals surface area contributed by atoms with Gasteiger partial charge in [-0.05, 0) is 18.8 Å². The summed E-state index contributed by atoms with van der Waals surface area (Å²) in [6, 6.07) is 1.73. The fourth-order valence-corrected chi connectivity index (χ4v) is 1.54. The first kappa shape index (κ1) is 13.7. The molecule has 0 saturated carbocycles. The highest BCUT2D eigenvalue weighted by molar-refractivity contribution is 5.90. The van der Waals surface area contributed by atoms with Gasteiger partial charge in [0.25, 0.3) is 0 Å². The van der Waals surface area contributed by atoms with Gasteiger partial charge in [0.15, 0.2) is 0 Å². The van der Waals surface area contributed by atoms with Crippen molar-refractivity contribution in [1.82, 2.24) is 0 Å². The van der Waals surface area contributed by atoms with Crippen LogP contribution in [0.15, 0.2) is 11.6 Å². The van der Waals surface area contributed by atoms with E-state index in [9.17, 15) is 4.79 Å². The van der Waals surface area contributed by atoms with Crippen molar-refractivity contribution in [1.29, 1.82) is 5.26 Å². The molecule has 0 fully saturated rings. The summed E-state index contributed by atoms with van der Waals surface area (Å²) < 4.78 is 0. The summed E-state index contributed by atoms with van der Waals surface area (Å²) in [5.74, 6) is -0.879. The average molecular weight is 209 g/mol. The molecule has 15 heavy (non-hydrogen) atoms. The quantitative estimate of drug-likeness (QED) is 0.517. The number of unbranched alkanes of at least 4 members (excludes halogenated alkanes) is 1. The van der Waals surface area contributed by atoms with Crippen molar-refractivity contribution in [2.45, 2.75) is 46.0 Å². The second-order valence-electron chi connectivity index (χ2n) is 3.69. The number of hydrogen-bond acceptors (Lipinski definition) is 2. The lowest BCUT2D eigenvalue weighted by Crippen LogP contribution is -2.03. The topological polar surface area (TPSA) is 61.1 Å². The van der Waals surface area contributed by atoms with E-state index in [1.807, 2.05) is 0 Å². The van der Waals surface area contributed by atoms with Gasteiger partial charge in [0, 0.05) is 0 Å². The number of rotatable bonds is 7. The molecule has 0 aromatic heterocycles. The van der Waals surface area contributed by atoms with Gasteiger partial charge in [-0.1, -0.05) is 39.2 Å². The van der Waals surface area contributed by atoms with Crippen molar-refractivity contribution < 1.29 is 9.90 Å². The fourth-order valence-electron chi connectivity index (χ4n) is 1.54. The Hall–Kier alpha value is -1.30. The first-order chi connectivity index (χ1) is 7.15. The Morgan fingerprint density at radius 3 is 2.47 bits per heavy atom. The largest absolute Gasteiger partial charge is 0.477 e. The Morgan fingerprint density at radius 2 is 2.07 bits per heavy atom. The van der Waals surface area contributed by atoms with E-state index in [4.69, 9.17) is 10.4 Å². The second kappa shape index (κ2) is 8.05. The van der Waals surface area contributed by atoms with Crippen LogP contribution in [-0.2, 0) is 4.79 Å². The van der Waals surface area contributed by atoms with Gasteiger partial charge in [0.1, 0.15) is 11.6 Å². The van der Waals surface area contributed by atoms with E-state index in [0.29, 0.717) is 0 Å². The molecule has 3 heteroatoms. The highest BCUT2D eigenvalue weighted by Gasteiger charge is 2.10. The maximum Gasteiger partial charge on any atom is 0.346 e. The van der Waals surface area contributed by atoms with Gasteiger partial charge in [-0.15, -0.1) is 0 Å². The third-order valence-electron chi connectivity index (χ3n) is 2.34. The molecule has 0 bridgehead atoms. The third-order valence-corrected chi connectivity index (χ3v) is 2.34. The number of carbonyl (C=O) groups is 1. The predicted octanol–water partition coefficient (Wildman–Crippen LogP) is 3.13. The number of carboxylic acids is 1. The Kier molecular flexibility index (Phi) is 7.35. The molecule has 0 saturated heterocycles. The first-order valence-corrected chi connectivity index (χ1v) is 5.50. The van der Waals surface area contributed by atoms with E-state index >= 15 is 0 Å². The molecule has 0 aliphatic carbocycles. The monoisotopic (exact) mass is 209 g/mol. The molecular formula is C12H19NO2. The SMILES string of the molecule is CCCCC(/C=C(\C#N)C(=O)O)CCC. The number of nitriles is 1. The number of hydrogen-bond donors (Lipinski definition) is 1. The number of allylic oxidation sites excluding steroid dienone is 1. The molecule has 0 spiro atoms. The van der Waals surface area contributed by atoms with Crippen LogP contribution in [0.1, 0.15) is 46.0 Å². The number of aliphatic carboxylic acids is 1. The van der Waals surface area contributed by atoms with Gasteiger partial charge in [-0.3, -0.25) is 0 Å². The molecule has 1 N–H and O–H groups in total. The molecule has 0 aromatic carbocycles. The minimum absolute atomic E-state index is 0.121. The number of carboxylic acid groups (broad SMARTS) is 1. The zero-order chi connectivity index (χ0) is 11.7. The summed E-state index contributed by atoms with van der Waals surface area (Å²) in [7, 11) is 0. The predicted molar refractivity (Wildman–Crippen MR) is 59.3 cm³/mol. The van der Waals surface area contributed by atoms with Crippen LogP contribution in [-0.4, -0.2) is 11.1 Å². The molecule has 0 radical (unpaired) electrons. The third kappa shape index (κ3) is 5.90. The standard InChI is InChI=1S/C12H19NO2/c1-3-5-7-10(6-4-2)8-11(9-13)12(14)15/h8,10H,3-7H2,1-2H3,(H,14,15)/b11-8+. The minimum Gasteiger partial charge on any atom is -0.477 e. The average Bonchev–Trinajstić information content (AvgIpc) is 2.21. The maximum absolute atomic E-state index is 10.7. The molecule has 0 amide bonds. The first-order valence-electron chi connectivity index (χ1n) is 5.50. The molecule has 3 nitrogen and oxygen atoms in total. The van der Waals surface area contributed by atoms with Gasteiger partial charge in [0.05, 0.1) is 0 Å². The van der Waals surface area contributed by atoms with E-state index in [0.717, 1.165) is 32.1 Å². The van der Waals surface area contributed by atoms with Crippen molar-refractivity contribution in [3.05, 3.63) is 11.6 Å². The molecule has 0 aromatic rings. The van der Waals surface area contributed by atoms with Crippen LogP contribution in [0.2, 0.25) is 0 Å². The van der Waals surface area contributed by atoms with Crippen molar-refractivity contribution in [3.8, 4) is 6.07 Å². The molecule has 84 valence electrons. The normalized spacial score (nSPS) is 13.3. The molecule has 1 unspecified atom stereocenters. The van der Waals surface area contributed by atoms with Crippen molar-refractivity contribution in [3.63, 3.8) is 0 Å². The molecule has 0 rings (SSSR count). The Bertz CT molecular complexity index is 263. The van der Waals surface area contributed by atoms with Crippen molar-refractivity contribution >= 4 is 5.97 Å². The van der Waals surface area contributed by atoms with Crippen molar-refractivity contribution in [2.75, 3.05) is 0 Å². The number of nitrogens with zero attached hydrogens (tertiary/aromatic N) is 1. The van der Waals surface area contributed by atoms with Crippen LogP contribution in [0, 0.1) is 17.2 Å². The summed E-state index contributed by atoms with van der Waals surface area (Å²) in [5.41, 5.74) is -0.121. The van der Waals surface area contributed by atoms with Crippen LogP contribution in [0.25, 0.3) is 0 Å². The molecular weight excluding hydrogens is 190 g/mol. The zero-order valence-electron chi connectivity index (χ0n) is 9.49. The van der Waals surface area contributed by atoms with E-state index in [1.54, 1.807) is 12.1 Å². The zero-order valence-corrected chi connectivity index (χ0v) is 9.49. The van der Waals surface area contributed by atoms with E-state index in [-0.39, 0.29) is 11.5 Å². The van der Waals surface area contributed by atoms with Gasteiger partial charge in [-0.2, -0.15) is 5.26 Å². The summed E-state index contributed by atoms with van der Waals surface area (Å²) in [6.45, 7) is 4.18. The Morgan fingerprint density at radius 1 is 1.40 bits per heavy atom. The van der Waals surface area contributed by atoms with Crippen LogP contribution < -0.4 is 0 Å². The summed E-state index contributed by atoms with van der Waals surface area (Å²) in [6.07, 6.45) is 6.74. The van der Waals surface area contributed by atoms with E-state index in [1.165, 1.54) is 0 Å². The van der Waals surface area contributed by atoms with Crippen LogP contribution in [0.4, 0.5) is 0 Å². The highest BCUT2D eigenvalue weighted by Crippen LogP contribution is 2.18. The van der Waals surface area contributed by atoms with Crippen molar-refractivity contribution in [2.24, 2.45) is 5.92 Å². The highest BCUT2D eigenvalue weighted by atomic mass is 16.4. The summed E-state index contributed by atoms with van der Waals surface area (Å²) >= 11 is 0. The smallest absolute Gasteiger partial charge is 0.346 e. The van der Waals surface area contributed by atoms with E-state index in [2.05, 4.69) is 13.8 Å². The molecule has 0 aliphatic rings. The van der Waals surface area contributed by atoms with Crippen LogP contribution in [0.5, 0.6) is 0 Å². The lowest BCUT2D eigenvalue weighted by Gasteiger charge is -2.10. The Labute approximate surface area is 91.4 Å². The Balaban J connectivity index is 4.47. The van der Waals surface area contributed by atoms with Crippen LogP contribution >= 0.6 is 0 Å². The minimum atomic E-state index is -1.12. The van der Waals surface area contributed by atoms with Crippen LogP contribution in [0.3, 0.4) is 0 Å². The summed E-state index contributed by atoms with van der Waals surface area (Å²) in [4.78, 5) is 10.7. The van der Waals surface area contributed by atoms with Gasteiger partial charge >= 0.3 is 5.97 Å². The fraction of sp³-hybridized carbons (Fsp3) is 0.667. The molecule has 0 heterocycles. The maximum atomic E-state index is 10.7. The van der Waals surface area contributed by atoms with E-state index < -0.39 is 5.97 Å². The summed E-state index contributed by atoms with van der Waals surface area (Å²) in [5, 5.41) is 17.4. The molecule has 0 aliphatic heterocycles. The molecule has 1 atom stereocenters.